The molecule has 2 N–H and O–H groups in total. The number of esters is 1. The Kier molecular flexibility index (Phi) is 8.31. The zero-order chi connectivity index (χ0) is 30.5. The van der Waals surface area contributed by atoms with Gasteiger partial charge in [-0.3, -0.25) is 19.4 Å². The summed E-state index contributed by atoms with van der Waals surface area (Å²) in [6, 6.07) is 28.1. The Morgan fingerprint density at radius 2 is 1.64 bits per heavy atom. The van der Waals surface area contributed by atoms with Crippen LogP contribution in [0.5, 0.6) is 0 Å². The molecule has 6 rings (SSSR count). The number of fused-ring (bicyclic) bond motifs is 2. The Bertz CT molecular complexity index is 1920. The number of ether oxygens (including phenoxy) is 1. The van der Waals surface area contributed by atoms with E-state index in [0.717, 1.165) is 24.3 Å². The molecule has 11 heteroatoms. The second-order valence-corrected chi connectivity index (χ2v) is 12.0. The van der Waals surface area contributed by atoms with Crippen LogP contribution in [-0.2, 0) is 39.1 Å². The van der Waals surface area contributed by atoms with Crippen LogP contribution in [0.25, 0.3) is 10.9 Å². The van der Waals surface area contributed by atoms with E-state index in [0.29, 0.717) is 35.1 Å². The maximum atomic E-state index is 13.5. The number of para-hydroxylation sites is 1. The topological polar surface area (TPSA) is 131 Å². The summed E-state index contributed by atoms with van der Waals surface area (Å²) in [4.78, 5) is 37.3. The summed E-state index contributed by atoms with van der Waals surface area (Å²) in [5.74, 6) is -0.962. The van der Waals surface area contributed by atoms with E-state index in [-0.39, 0.29) is 10.7 Å². The number of rotatable bonds is 9. The third kappa shape index (κ3) is 6.59. The molecule has 3 aromatic carbocycles. The van der Waals surface area contributed by atoms with Gasteiger partial charge < -0.3 is 10.1 Å². The number of hydrogen-bond acceptors (Lipinski definition) is 8. The molecule has 0 spiro atoms. The van der Waals surface area contributed by atoms with Gasteiger partial charge >= 0.3 is 5.97 Å². The fourth-order valence-corrected chi connectivity index (χ4v) is 6.20. The van der Waals surface area contributed by atoms with Gasteiger partial charge in [0, 0.05) is 54.6 Å². The van der Waals surface area contributed by atoms with E-state index in [1.807, 2.05) is 42.5 Å². The fourth-order valence-electron chi connectivity index (χ4n) is 5.19. The summed E-state index contributed by atoms with van der Waals surface area (Å²) in [7, 11) is -3.86. The Balaban J connectivity index is 1.13. The summed E-state index contributed by atoms with van der Waals surface area (Å²) in [5.41, 5.74) is 4.33. The van der Waals surface area contributed by atoms with Gasteiger partial charge in [-0.1, -0.05) is 54.6 Å². The molecule has 5 aromatic rings. The summed E-state index contributed by atoms with van der Waals surface area (Å²) >= 11 is 0. The molecule has 222 valence electrons. The molecule has 3 heterocycles. The van der Waals surface area contributed by atoms with Gasteiger partial charge in [-0.05, 0) is 48.0 Å². The van der Waals surface area contributed by atoms with Crippen molar-refractivity contribution >= 4 is 44.3 Å². The molecule has 0 saturated carbocycles. The number of anilines is 2. The SMILES string of the molecule is O=C(COC(=O)c1c2c(nc3ccccc13)CCN(Cc1ccccc1)C2)Nc1ccc(S(=O)(=O)Nc2ccccn2)cc1. The van der Waals surface area contributed by atoms with E-state index in [2.05, 4.69) is 32.1 Å². The molecular formula is C33H29N5O5S. The highest BCUT2D eigenvalue weighted by Crippen LogP contribution is 2.29. The monoisotopic (exact) mass is 607 g/mol. The predicted octanol–water partition coefficient (Wildman–Crippen LogP) is 4.78. The average Bonchev–Trinajstić information content (AvgIpc) is 3.03. The van der Waals surface area contributed by atoms with Gasteiger partial charge in [0.25, 0.3) is 15.9 Å². The van der Waals surface area contributed by atoms with Gasteiger partial charge in [0.1, 0.15) is 5.82 Å². The number of benzene rings is 3. The van der Waals surface area contributed by atoms with E-state index in [9.17, 15) is 18.0 Å². The summed E-state index contributed by atoms with van der Waals surface area (Å²) in [6.45, 7) is 1.56. The number of carbonyl (C=O) groups is 2. The molecule has 1 aliphatic heterocycles. The third-order valence-corrected chi connectivity index (χ3v) is 8.64. The van der Waals surface area contributed by atoms with Crippen molar-refractivity contribution in [3.05, 3.63) is 126 Å². The first-order valence-corrected chi connectivity index (χ1v) is 15.5. The van der Waals surface area contributed by atoms with Gasteiger partial charge in [-0.2, -0.15) is 0 Å². The number of nitrogens with one attached hydrogen (secondary N) is 2. The smallest absolute Gasteiger partial charge is 0.339 e. The second kappa shape index (κ2) is 12.6. The number of nitrogens with zero attached hydrogens (tertiary/aromatic N) is 3. The quantitative estimate of drug-likeness (QED) is 0.229. The molecule has 1 aliphatic rings. The minimum atomic E-state index is -3.86. The highest BCUT2D eigenvalue weighted by atomic mass is 32.2. The zero-order valence-electron chi connectivity index (χ0n) is 23.6. The van der Waals surface area contributed by atoms with Gasteiger partial charge in [0.15, 0.2) is 6.61 Å². The first-order valence-electron chi connectivity index (χ1n) is 14.0. The van der Waals surface area contributed by atoms with E-state index in [1.54, 1.807) is 18.2 Å². The lowest BCUT2D eigenvalue weighted by Gasteiger charge is -2.30. The molecule has 0 radical (unpaired) electrons. The molecular weight excluding hydrogens is 578 g/mol. The van der Waals surface area contributed by atoms with Gasteiger partial charge in [-0.15, -0.1) is 0 Å². The molecule has 10 nitrogen and oxygen atoms in total. The summed E-state index contributed by atoms with van der Waals surface area (Å²) in [5, 5.41) is 3.32. The molecule has 2 aromatic heterocycles. The van der Waals surface area contributed by atoms with Gasteiger partial charge in [-0.25, -0.2) is 18.2 Å². The number of carbonyl (C=O) groups excluding carboxylic acids is 2. The van der Waals surface area contributed by atoms with Crippen LogP contribution in [0.3, 0.4) is 0 Å². The van der Waals surface area contributed by atoms with Crippen molar-refractivity contribution in [1.82, 2.24) is 14.9 Å². The van der Waals surface area contributed by atoms with Crippen LogP contribution in [0.1, 0.15) is 27.2 Å². The third-order valence-electron chi connectivity index (χ3n) is 7.27. The molecule has 0 atom stereocenters. The zero-order valence-corrected chi connectivity index (χ0v) is 24.5. The Morgan fingerprint density at radius 1 is 0.886 bits per heavy atom. The van der Waals surface area contributed by atoms with E-state index in [1.165, 1.54) is 36.0 Å². The van der Waals surface area contributed by atoms with Crippen molar-refractivity contribution in [3.63, 3.8) is 0 Å². The number of sulfonamides is 1. The van der Waals surface area contributed by atoms with Crippen LogP contribution >= 0.6 is 0 Å². The van der Waals surface area contributed by atoms with Crippen molar-refractivity contribution in [2.75, 3.05) is 23.2 Å². The lowest BCUT2D eigenvalue weighted by molar-refractivity contribution is -0.119. The van der Waals surface area contributed by atoms with Crippen LogP contribution < -0.4 is 10.0 Å². The van der Waals surface area contributed by atoms with E-state index in [4.69, 9.17) is 9.72 Å². The van der Waals surface area contributed by atoms with Crippen LogP contribution in [0.4, 0.5) is 11.5 Å². The highest BCUT2D eigenvalue weighted by molar-refractivity contribution is 7.92. The van der Waals surface area contributed by atoms with Crippen molar-refractivity contribution in [2.24, 2.45) is 0 Å². The maximum Gasteiger partial charge on any atom is 0.339 e. The van der Waals surface area contributed by atoms with Gasteiger partial charge in [0.2, 0.25) is 0 Å². The Morgan fingerprint density at radius 3 is 2.41 bits per heavy atom. The molecule has 0 unspecified atom stereocenters. The lowest BCUT2D eigenvalue weighted by Crippen LogP contribution is -2.32. The molecule has 0 saturated heterocycles. The maximum absolute atomic E-state index is 13.5. The molecule has 0 aliphatic carbocycles. The van der Waals surface area contributed by atoms with Crippen molar-refractivity contribution < 1.29 is 22.7 Å². The number of hydrogen-bond donors (Lipinski definition) is 2. The average molecular weight is 608 g/mol. The van der Waals surface area contributed by atoms with Crippen molar-refractivity contribution in [1.29, 1.82) is 0 Å². The van der Waals surface area contributed by atoms with Crippen LogP contribution in [0.2, 0.25) is 0 Å². The van der Waals surface area contributed by atoms with Crippen LogP contribution in [-0.4, -0.2) is 48.3 Å². The molecule has 0 bridgehead atoms. The minimum Gasteiger partial charge on any atom is -0.452 e. The highest BCUT2D eigenvalue weighted by Gasteiger charge is 2.27. The van der Waals surface area contributed by atoms with E-state index >= 15 is 0 Å². The fraction of sp³-hybridized carbons (Fsp3) is 0.152. The predicted molar refractivity (Wildman–Crippen MR) is 166 cm³/mol. The van der Waals surface area contributed by atoms with Crippen LogP contribution in [0, 0.1) is 0 Å². The number of aromatic nitrogens is 2. The Labute approximate surface area is 254 Å². The lowest BCUT2D eigenvalue weighted by atomic mass is 9.95. The molecule has 44 heavy (non-hydrogen) atoms. The normalized spacial score (nSPS) is 13.2. The summed E-state index contributed by atoms with van der Waals surface area (Å²) < 4.78 is 33.2. The largest absolute Gasteiger partial charge is 0.452 e. The van der Waals surface area contributed by atoms with Crippen LogP contribution in [0.15, 0.2) is 108 Å². The molecule has 1 amide bonds. The van der Waals surface area contributed by atoms with E-state index < -0.39 is 28.5 Å². The number of amides is 1. The Hall–Kier alpha value is -5.13. The first kappa shape index (κ1) is 29.0. The summed E-state index contributed by atoms with van der Waals surface area (Å²) in [6.07, 6.45) is 2.17. The van der Waals surface area contributed by atoms with Gasteiger partial charge in [0.05, 0.1) is 16.0 Å². The second-order valence-electron chi connectivity index (χ2n) is 10.3. The van der Waals surface area contributed by atoms with Crippen molar-refractivity contribution in [3.8, 4) is 0 Å². The minimum absolute atomic E-state index is 0.00299. The van der Waals surface area contributed by atoms with Crippen molar-refractivity contribution in [2.45, 2.75) is 24.4 Å². The first-order chi connectivity index (χ1) is 21.4. The molecule has 0 fully saturated rings. The number of pyridine rings is 2. The standard InChI is InChI=1S/C33H29N5O5S/c39-31(35-24-13-15-25(16-14-24)44(41,42)37-30-12-6-7-18-34-30)22-43-33(40)32-26-10-4-5-11-28(26)36-29-17-19-38(21-27(29)32)20-23-8-2-1-3-9-23/h1-16,18H,17,19-22H2,(H,34,37)(H,35,39).